The fourth-order valence-corrected chi connectivity index (χ4v) is 2.11. The molecule has 0 aliphatic carbocycles. The number of carbonyl (C=O) groups excluding carboxylic acids is 1. The van der Waals surface area contributed by atoms with Gasteiger partial charge in [-0.3, -0.25) is 14.0 Å². The van der Waals surface area contributed by atoms with Crippen molar-refractivity contribution in [2.45, 2.75) is 0 Å². The van der Waals surface area contributed by atoms with Crippen molar-refractivity contribution in [1.82, 2.24) is 14.9 Å². The molecule has 0 unspecified atom stereocenters. The summed E-state index contributed by atoms with van der Waals surface area (Å²) in [5.74, 6) is 0.303. The first-order valence-corrected chi connectivity index (χ1v) is 6.40. The molecule has 0 radical (unpaired) electrons. The molecule has 0 aliphatic rings. The first-order valence-electron chi connectivity index (χ1n) is 6.40. The van der Waals surface area contributed by atoms with Crippen LogP contribution in [0.25, 0.3) is 5.52 Å². The molecule has 1 aromatic carbocycles. The van der Waals surface area contributed by atoms with E-state index in [2.05, 4.69) is 15.8 Å². The Morgan fingerprint density at radius 1 is 1.19 bits per heavy atom. The van der Waals surface area contributed by atoms with E-state index in [9.17, 15) is 4.79 Å². The van der Waals surface area contributed by atoms with Crippen LogP contribution in [-0.2, 0) is 4.84 Å². The standard InChI is InChI=1S/C15H14N4O2/c1-21-18-15(20)13-8-7-12-9-16-10-19(12)14(13)17-11-5-3-2-4-6-11/h2-10,17H,1H3,(H,18,20). The molecule has 6 heteroatoms. The summed E-state index contributed by atoms with van der Waals surface area (Å²) in [6.45, 7) is 0. The molecule has 6 nitrogen and oxygen atoms in total. The summed E-state index contributed by atoms with van der Waals surface area (Å²) in [6.07, 6.45) is 3.39. The fourth-order valence-electron chi connectivity index (χ4n) is 2.11. The van der Waals surface area contributed by atoms with E-state index < -0.39 is 0 Å². The maximum Gasteiger partial charge on any atom is 0.278 e. The summed E-state index contributed by atoms with van der Waals surface area (Å²) in [5, 5.41) is 3.25. The predicted octanol–water partition coefficient (Wildman–Crippen LogP) is 2.37. The number of fused-ring (bicyclic) bond motifs is 1. The minimum absolute atomic E-state index is 0.327. The van der Waals surface area contributed by atoms with Crippen molar-refractivity contribution in [1.29, 1.82) is 0 Å². The monoisotopic (exact) mass is 282 g/mol. The maximum atomic E-state index is 12.1. The first kappa shape index (κ1) is 13.1. The van der Waals surface area contributed by atoms with E-state index in [-0.39, 0.29) is 5.91 Å². The Balaban J connectivity index is 2.10. The zero-order valence-corrected chi connectivity index (χ0v) is 11.4. The first-order chi connectivity index (χ1) is 10.3. The van der Waals surface area contributed by atoms with Gasteiger partial charge in [-0.15, -0.1) is 0 Å². The van der Waals surface area contributed by atoms with Crippen molar-refractivity contribution in [2.75, 3.05) is 12.4 Å². The van der Waals surface area contributed by atoms with Crippen LogP contribution in [0.3, 0.4) is 0 Å². The number of benzene rings is 1. The molecule has 1 amide bonds. The van der Waals surface area contributed by atoms with Gasteiger partial charge in [0, 0.05) is 5.69 Å². The maximum absolute atomic E-state index is 12.1. The SMILES string of the molecule is CONC(=O)c1ccc2cncn2c1Nc1ccccc1. The van der Waals surface area contributed by atoms with Gasteiger partial charge in [0.15, 0.2) is 0 Å². The Morgan fingerprint density at radius 3 is 2.76 bits per heavy atom. The number of rotatable bonds is 4. The molecule has 2 N–H and O–H groups in total. The van der Waals surface area contributed by atoms with Gasteiger partial charge >= 0.3 is 0 Å². The highest BCUT2D eigenvalue weighted by molar-refractivity contribution is 5.99. The zero-order valence-electron chi connectivity index (χ0n) is 11.4. The topological polar surface area (TPSA) is 67.7 Å². The van der Waals surface area contributed by atoms with Crippen LogP contribution < -0.4 is 10.8 Å². The minimum atomic E-state index is -0.327. The summed E-state index contributed by atoms with van der Waals surface area (Å²) in [7, 11) is 1.40. The molecule has 3 rings (SSSR count). The zero-order chi connectivity index (χ0) is 14.7. The molecule has 2 aromatic heterocycles. The number of imidazole rings is 1. The Bertz CT molecular complexity index is 768. The lowest BCUT2D eigenvalue weighted by atomic mass is 10.2. The van der Waals surface area contributed by atoms with Gasteiger partial charge in [0.05, 0.1) is 24.4 Å². The second-order valence-corrected chi connectivity index (χ2v) is 4.41. The van der Waals surface area contributed by atoms with E-state index in [1.807, 2.05) is 40.8 Å². The highest BCUT2D eigenvalue weighted by Crippen LogP contribution is 2.22. The minimum Gasteiger partial charge on any atom is -0.341 e. The number of pyridine rings is 1. The molecule has 2 heterocycles. The Kier molecular flexibility index (Phi) is 3.53. The molecule has 0 bridgehead atoms. The summed E-state index contributed by atoms with van der Waals surface area (Å²) in [5.41, 5.74) is 4.57. The van der Waals surface area contributed by atoms with Crippen LogP contribution >= 0.6 is 0 Å². The van der Waals surface area contributed by atoms with Crippen molar-refractivity contribution in [3.8, 4) is 0 Å². The van der Waals surface area contributed by atoms with E-state index in [4.69, 9.17) is 4.84 Å². The molecular weight excluding hydrogens is 268 g/mol. The second kappa shape index (κ2) is 5.64. The van der Waals surface area contributed by atoms with Gasteiger partial charge in [0.1, 0.15) is 12.1 Å². The van der Waals surface area contributed by atoms with Gasteiger partial charge in [-0.25, -0.2) is 10.5 Å². The van der Waals surface area contributed by atoms with Crippen molar-refractivity contribution < 1.29 is 9.63 Å². The van der Waals surface area contributed by atoms with Crippen LogP contribution in [-0.4, -0.2) is 22.4 Å². The average molecular weight is 282 g/mol. The number of amides is 1. The Morgan fingerprint density at radius 2 is 2.00 bits per heavy atom. The highest BCUT2D eigenvalue weighted by atomic mass is 16.6. The van der Waals surface area contributed by atoms with Gasteiger partial charge in [-0.1, -0.05) is 18.2 Å². The molecule has 0 spiro atoms. The van der Waals surface area contributed by atoms with E-state index in [0.29, 0.717) is 11.4 Å². The highest BCUT2D eigenvalue weighted by Gasteiger charge is 2.15. The molecule has 0 saturated carbocycles. The van der Waals surface area contributed by atoms with Crippen LogP contribution in [0.1, 0.15) is 10.4 Å². The molecule has 3 aromatic rings. The van der Waals surface area contributed by atoms with Crippen molar-refractivity contribution in [3.05, 3.63) is 60.6 Å². The van der Waals surface area contributed by atoms with Crippen LogP contribution in [0.5, 0.6) is 0 Å². The lowest BCUT2D eigenvalue weighted by Gasteiger charge is -2.14. The Hall–Kier alpha value is -2.86. The summed E-state index contributed by atoms with van der Waals surface area (Å²) >= 11 is 0. The summed E-state index contributed by atoms with van der Waals surface area (Å²) < 4.78 is 1.82. The smallest absolute Gasteiger partial charge is 0.278 e. The summed E-state index contributed by atoms with van der Waals surface area (Å²) in [6, 6.07) is 13.2. The number of anilines is 2. The average Bonchev–Trinajstić information content (AvgIpc) is 2.98. The molecule has 106 valence electrons. The number of hydrogen-bond donors (Lipinski definition) is 2. The molecule has 0 saturated heterocycles. The number of aromatic nitrogens is 2. The third-order valence-electron chi connectivity index (χ3n) is 3.06. The number of hydrogen-bond acceptors (Lipinski definition) is 4. The predicted molar refractivity (Wildman–Crippen MR) is 79.4 cm³/mol. The molecular formula is C15H14N4O2. The third kappa shape index (κ3) is 2.56. The van der Waals surface area contributed by atoms with E-state index in [0.717, 1.165) is 11.2 Å². The molecule has 0 fully saturated rings. The summed E-state index contributed by atoms with van der Waals surface area (Å²) in [4.78, 5) is 20.9. The molecule has 21 heavy (non-hydrogen) atoms. The third-order valence-corrected chi connectivity index (χ3v) is 3.06. The van der Waals surface area contributed by atoms with Gasteiger partial charge < -0.3 is 5.32 Å². The largest absolute Gasteiger partial charge is 0.341 e. The number of hydroxylamine groups is 1. The lowest BCUT2D eigenvalue weighted by molar-refractivity contribution is 0.0538. The van der Waals surface area contributed by atoms with E-state index >= 15 is 0 Å². The number of nitrogens with zero attached hydrogens (tertiary/aromatic N) is 2. The normalized spacial score (nSPS) is 10.5. The fraction of sp³-hybridized carbons (Fsp3) is 0.0667. The number of nitrogens with one attached hydrogen (secondary N) is 2. The number of carbonyl (C=O) groups is 1. The van der Waals surface area contributed by atoms with E-state index in [1.54, 1.807) is 18.6 Å². The number of para-hydroxylation sites is 1. The quantitative estimate of drug-likeness (QED) is 0.721. The molecule has 0 aliphatic heterocycles. The van der Waals surface area contributed by atoms with Gasteiger partial charge in [0.25, 0.3) is 5.91 Å². The second-order valence-electron chi connectivity index (χ2n) is 4.41. The van der Waals surface area contributed by atoms with Gasteiger partial charge in [-0.05, 0) is 24.3 Å². The van der Waals surface area contributed by atoms with Crippen LogP contribution in [0.15, 0.2) is 55.0 Å². The van der Waals surface area contributed by atoms with E-state index in [1.165, 1.54) is 7.11 Å². The van der Waals surface area contributed by atoms with Crippen LogP contribution in [0, 0.1) is 0 Å². The van der Waals surface area contributed by atoms with Crippen molar-refractivity contribution in [2.24, 2.45) is 0 Å². The molecule has 0 atom stereocenters. The Labute approximate surface area is 121 Å². The van der Waals surface area contributed by atoms with Crippen molar-refractivity contribution >= 4 is 22.9 Å². The van der Waals surface area contributed by atoms with Crippen molar-refractivity contribution in [3.63, 3.8) is 0 Å². The van der Waals surface area contributed by atoms with Crippen LogP contribution in [0.2, 0.25) is 0 Å². The lowest BCUT2D eigenvalue weighted by Crippen LogP contribution is -2.23. The van der Waals surface area contributed by atoms with Gasteiger partial charge in [0.2, 0.25) is 0 Å². The van der Waals surface area contributed by atoms with Gasteiger partial charge in [-0.2, -0.15) is 0 Å². The van der Waals surface area contributed by atoms with Crippen LogP contribution in [0.4, 0.5) is 11.5 Å².